The number of hydrogen-bond donors (Lipinski definition) is 0. The van der Waals surface area contributed by atoms with Crippen LogP contribution in [0.5, 0.6) is 0 Å². The molecule has 0 N–H and O–H groups in total. The number of unbranched alkanes of at least 4 members (excludes halogenated alkanes) is 1. The van der Waals surface area contributed by atoms with E-state index in [4.69, 9.17) is 8.84 Å². The number of sulfone groups is 1. The van der Waals surface area contributed by atoms with Crippen LogP contribution in [-0.2, 0) is 14.3 Å². The first-order valence-corrected chi connectivity index (χ1v) is 13.0. The number of oxazole rings is 1. The van der Waals surface area contributed by atoms with Gasteiger partial charge in [-0.25, -0.2) is 8.42 Å². The van der Waals surface area contributed by atoms with Gasteiger partial charge in [0, 0.05) is 0 Å². The molecule has 0 radical (unpaired) electrons. The Balaban J connectivity index is 2.77. The van der Waals surface area contributed by atoms with Gasteiger partial charge in [-0.05, 0) is 37.6 Å². The second-order valence-corrected chi connectivity index (χ2v) is 14.4. The largest absolute Gasteiger partial charge is 0.433 e. The van der Waals surface area contributed by atoms with Crippen molar-refractivity contribution in [2.75, 3.05) is 12.4 Å². The van der Waals surface area contributed by atoms with E-state index in [1.807, 2.05) is 13.0 Å². The van der Waals surface area contributed by atoms with Crippen LogP contribution in [-0.4, -0.2) is 34.1 Å². The lowest BCUT2D eigenvalue weighted by Crippen LogP contribution is -2.40. The molecule has 1 aromatic heterocycles. The minimum Gasteiger partial charge on any atom is -0.433 e. The number of nitrogens with zero attached hydrogens (tertiary/aromatic N) is 1. The van der Waals surface area contributed by atoms with Crippen molar-refractivity contribution in [2.24, 2.45) is 0 Å². The molecule has 1 aromatic rings. The summed E-state index contributed by atoms with van der Waals surface area (Å²) in [7, 11) is -5.22. The molecule has 0 saturated heterocycles. The van der Waals surface area contributed by atoms with Crippen molar-refractivity contribution in [1.82, 2.24) is 4.98 Å². The van der Waals surface area contributed by atoms with E-state index in [0.717, 1.165) is 6.42 Å². The number of rotatable bonds is 8. The molecular formula is C17H31NO4SSi. The Bertz CT molecular complexity index is 669. The Labute approximate surface area is 147 Å². The summed E-state index contributed by atoms with van der Waals surface area (Å²) in [6.07, 6.45) is 5.06. The predicted octanol–water partition coefficient (Wildman–Crippen LogP) is 4.59. The summed E-state index contributed by atoms with van der Waals surface area (Å²) in [4.78, 5) is 4.13. The fourth-order valence-corrected chi connectivity index (χ4v) is 4.00. The minimum absolute atomic E-state index is 0.0705. The molecular weight excluding hydrogens is 342 g/mol. The zero-order valence-corrected chi connectivity index (χ0v) is 17.8. The zero-order valence-electron chi connectivity index (χ0n) is 16.0. The van der Waals surface area contributed by atoms with Gasteiger partial charge in [-0.1, -0.05) is 40.2 Å². The van der Waals surface area contributed by atoms with Crippen LogP contribution in [0.15, 0.2) is 15.7 Å². The lowest BCUT2D eigenvalue weighted by Gasteiger charge is -2.35. The third kappa shape index (κ3) is 5.56. The molecule has 0 aromatic carbocycles. The Hall–Kier alpha value is -0.923. The molecule has 138 valence electrons. The number of aryl methyl sites for hydroxylation is 1. The molecule has 0 spiro atoms. The maximum atomic E-state index is 12.1. The normalized spacial score (nSPS) is 13.8. The summed E-state index contributed by atoms with van der Waals surface area (Å²) in [6, 6.07) is 0. The second-order valence-electron chi connectivity index (χ2n) is 7.57. The predicted molar refractivity (Wildman–Crippen MR) is 100 cm³/mol. The van der Waals surface area contributed by atoms with Gasteiger partial charge in [-0.15, -0.1) is 0 Å². The quantitative estimate of drug-likeness (QED) is 0.623. The fraction of sp³-hybridized carbons (Fsp3) is 0.706. The van der Waals surface area contributed by atoms with Crippen molar-refractivity contribution >= 4 is 24.2 Å². The molecule has 0 aliphatic heterocycles. The lowest BCUT2D eigenvalue weighted by atomic mass is 10.2. The van der Waals surface area contributed by atoms with Crippen molar-refractivity contribution in [3.8, 4) is 0 Å². The van der Waals surface area contributed by atoms with Gasteiger partial charge in [0.25, 0.3) is 0 Å². The van der Waals surface area contributed by atoms with Crippen LogP contribution in [0.25, 0.3) is 6.08 Å². The monoisotopic (exact) mass is 373 g/mol. The number of hydrogen-bond acceptors (Lipinski definition) is 5. The van der Waals surface area contributed by atoms with Crippen LogP contribution in [0.3, 0.4) is 0 Å². The van der Waals surface area contributed by atoms with Crippen LogP contribution in [0.4, 0.5) is 0 Å². The molecule has 7 heteroatoms. The van der Waals surface area contributed by atoms with Gasteiger partial charge in [0.2, 0.25) is 9.84 Å². The highest BCUT2D eigenvalue weighted by Crippen LogP contribution is 2.36. The van der Waals surface area contributed by atoms with E-state index < -0.39 is 18.2 Å². The molecule has 5 nitrogen and oxygen atoms in total. The SMILES string of the molecule is CCCCS(=O)(=O)c1nc(/C=C/CO[Si](C)(C)C(C)(C)C)c(C)o1. The number of aromatic nitrogens is 1. The Morgan fingerprint density at radius 1 is 1.29 bits per heavy atom. The maximum Gasteiger partial charge on any atom is 0.315 e. The van der Waals surface area contributed by atoms with Crippen LogP contribution >= 0.6 is 0 Å². The molecule has 1 rings (SSSR count). The first-order chi connectivity index (χ1) is 10.9. The Morgan fingerprint density at radius 3 is 2.46 bits per heavy atom. The van der Waals surface area contributed by atoms with Crippen LogP contribution in [0, 0.1) is 6.92 Å². The van der Waals surface area contributed by atoms with E-state index >= 15 is 0 Å². The molecule has 24 heavy (non-hydrogen) atoms. The topological polar surface area (TPSA) is 69.4 Å². The summed E-state index contributed by atoms with van der Waals surface area (Å²) < 4.78 is 35.7. The Morgan fingerprint density at radius 2 is 1.92 bits per heavy atom. The highest BCUT2D eigenvalue weighted by atomic mass is 32.2. The molecule has 0 bridgehead atoms. The molecule has 0 atom stereocenters. The minimum atomic E-state index is -3.43. The summed E-state index contributed by atoms with van der Waals surface area (Å²) >= 11 is 0. The summed E-state index contributed by atoms with van der Waals surface area (Å²) in [6.45, 7) is 15.1. The van der Waals surface area contributed by atoms with Crippen LogP contribution in [0.2, 0.25) is 18.1 Å². The average Bonchev–Trinajstić information content (AvgIpc) is 2.82. The first-order valence-electron chi connectivity index (χ1n) is 8.41. The highest BCUT2D eigenvalue weighted by molar-refractivity contribution is 7.91. The summed E-state index contributed by atoms with van der Waals surface area (Å²) in [5, 5.41) is -0.0241. The average molecular weight is 374 g/mol. The first kappa shape index (κ1) is 21.1. The molecule has 0 amide bonds. The van der Waals surface area contributed by atoms with E-state index in [1.54, 1.807) is 13.0 Å². The summed E-state index contributed by atoms with van der Waals surface area (Å²) in [5.74, 6) is 0.579. The van der Waals surface area contributed by atoms with Crippen molar-refractivity contribution in [3.63, 3.8) is 0 Å². The molecule has 0 unspecified atom stereocenters. The van der Waals surface area contributed by atoms with Gasteiger partial charge in [-0.2, -0.15) is 4.98 Å². The van der Waals surface area contributed by atoms with Gasteiger partial charge in [0.05, 0.1) is 12.4 Å². The van der Waals surface area contributed by atoms with Crippen LogP contribution in [0.1, 0.15) is 52.0 Å². The highest BCUT2D eigenvalue weighted by Gasteiger charge is 2.36. The molecule has 0 fully saturated rings. The Kier molecular flexibility index (Phi) is 7.01. The smallest absolute Gasteiger partial charge is 0.315 e. The van der Waals surface area contributed by atoms with E-state index in [0.29, 0.717) is 24.5 Å². The lowest BCUT2D eigenvalue weighted by molar-refractivity contribution is 0.328. The molecule has 0 saturated carbocycles. The van der Waals surface area contributed by atoms with Gasteiger partial charge in [0.1, 0.15) is 11.5 Å². The second kappa shape index (κ2) is 7.97. The summed E-state index contributed by atoms with van der Waals surface area (Å²) in [5.41, 5.74) is 0.545. The van der Waals surface area contributed by atoms with Crippen molar-refractivity contribution in [2.45, 2.75) is 70.8 Å². The van der Waals surface area contributed by atoms with Crippen molar-refractivity contribution in [3.05, 3.63) is 17.5 Å². The molecule has 0 aliphatic carbocycles. The van der Waals surface area contributed by atoms with E-state index in [9.17, 15) is 8.42 Å². The third-order valence-corrected chi connectivity index (χ3v) is 10.5. The molecule has 0 aliphatic rings. The van der Waals surface area contributed by atoms with E-state index in [1.165, 1.54) is 0 Å². The van der Waals surface area contributed by atoms with Crippen molar-refractivity contribution < 1.29 is 17.3 Å². The van der Waals surface area contributed by atoms with Gasteiger partial charge in [-0.3, -0.25) is 0 Å². The zero-order chi connectivity index (χ0) is 18.6. The standard InChI is InChI=1S/C17H31NO4SSi/c1-8-9-13-23(19,20)16-18-15(14(2)22-16)11-10-12-21-24(6,7)17(3,4)5/h10-11H,8-9,12-13H2,1-7H3/b11-10+. The maximum absolute atomic E-state index is 12.1. The van der Waals surface area contributed by atoms with Gasteiger partial charge >= 0.3 is 5.22 Å². The van der Waals surface area contributed by atoms with Crippen molar-refractivity contribution in [1.29, 1.82) is 0 Å². The van der Waals surface area contributed by atoms with Gasteiger partial charge in [0.15, 0.2) is 8.32 Å². The molecule has 1 heterocycles. The van der Waals surface area contributed by atoms with Gasteiger partial charge < -0.3 is 8.84 Å². The fourth-order valence-electron chi connectivity index (χ4n) is 1.73. The van der Waals surface area contributed by atoms with E-state index in [2.05, 4.69) is 38.8 Å². The van der Waals surface area contributed by atoms with E-state index in [-0.39, 0.29) is 16.0 Å². The van der Waals surface area contributed by atoms with Crippen LogP contribution < -0.4 is 0 Å². The third-order valence-electron chi connectivity index (χ3n) is 4.47.